The van der Waals surface area contributed by atoms with E-state index in [0.29, 0.717) is 17.5 Å². The quantitative estimate of drug-likeness (QED) is 0.240. The van der Waals surface area contributed by atoms with Crippen LogP contribution in [-0.4, -0.2) is 26.9 Å². The molecule has 0 spiro atoms. The summed E-state index contributed by atoms with van der Waals surface area (Å²) in [5, 5.41) is 2.42. The van der Waals surface area contributed by atoms with Crippen LogP contribution in [0.4, 0.5) is 0 Å². The molecule has 1 aliphatic rings. The zero-order chi connectivity index (χ0) is 25.5. The molecule has 1 atom stereocenters. The van der Waals surface area contributed by atoms with E-state index >= 15 is 0 Å². The van der Waals surface area contributed by atoms with Gasteiger partial charge in [-0.15, -0.1) is 11.3 Å². The van der Waals surface area contributed by atoms with Crippen LogP contribution in [-0.2, 0) is 0 Å². The van der Waals surface area contributed by atoms with Crippen LogP contribution in [0.3, 0.4) is 0 Å². The number of benzene rings is 4. The SMILES string of the molecule is CN1C=CC=CC1c1ccc2sc3cccc(-c4nc(-c5ccccc5)nc(-c5ccccc5)n4)c3c2c1. The van der Waals surface area contributed by atoms with Crippen LogP contribution in [0.25, 0.3) is 54.3 Å². The molecule has 7 rings (SSSR count). The van der Waals surface area contributed by atoms with Crippen molar-refractivity contribution in [2.45, 2.75) is 6.04 Å². The second-order valence-corrected chi connectivity index (χ2v) is 10.5. The van der Waals surface area contributed by atoms with Crippen molar-refractivity contribution in [3.63, 3.8) is 0 Å². The molecular formula is C33H24N4S. The largest absolute Gasteiger partial charge is 0.370 e. The Morgan fingerprint density at radius 3 is 2.03 bits per heavy atom. The maximum atomic E-state index is 5.01. The Balaban J connectivity index is 1.46. The molecule has 0 amide bonds. The summed E-state index contributed by atoms with van der Waals surface area (Å²) in [4.78, 5) is 17.1. The standard InChI is InChI=1S/C33H24N4S/c1-37-20-9-8-16-27(37)24-18-19-28-26(21-24)30-25(15-10-17-29(30)38-28)33-35-31(22-11-4-2-5-12-22)34-32(36-33)23-13-6-3-7-14-23/h2-21,27H,1H3. The molecule has 38 heavy (non-hydrogen) atoms. The van der Waals surface area contributed by atoms with Gasteiger partial charge in [-0.25, -0.2) is 15.0 Å². The predicted octanol–water partition coefficient (Wildman–Crippen LogP) is 8.30. The first-order valence-corrected chi connectivity index (χ1v) is 13.5. The maximum Gasteiger partial charge on any atom is 0.164 e. The predicted molar refractivity (Wildman–Crippen MR) is 158 cm³/mol. The highest BCUT2D eigenvalue weighted by atomic mass is 32.1. The summed E-state index contributed by atoms with van der Waals surface area (Å²) in [5.74, 6) is 2.03. The van der Waals surface area contributed by atoms with Gasteiger partial charge in [0.1, 0.15) is 0 Å². The number of hydrogen-bond donors (Lipinski definition) is 0. The zero-order valence-electron chi connectivity index (χ0n) is 20.8. The van der Waals surface area contributed by atoms with Crippen molar-refractivity contribution in [2.24, 2.45) is 0 Å². The van der Waals surface area contributed by atoms with E-state index < -0.39 is 0 Å². The van der Waals surface area contributed by atoms with Gasteiger partial charge in [0, 0.05) is 43.9 Å². The van der Waals surface area contributed by atoms with Crippen LogP contribution in [0.1, 0.15) is 11.6 Å². The Hall–Kier alpha value is -4.61. The van der Waals surface area contributed by atoms with Crippen molar-refractivity contribution in [3.8, 4) is 34.2 Å². The lowest BCUT2D eigenvalue weighted by atomic mass is 9.99. The third-order valence-corrected chi connectivity index (χ3v) is 8.10. The number of fused-ring (bicyclic) bond motifs is 3. The molecule has 1 aliphatic heterocycles. The normalized spacial score (nSPS) is 15.0. The maximum absolute atomic E-state index is 5.01. The molecule has 0 saturated carbocycles. The Kier molecular flexibility index (Phi) is 5.56. The molecule has 5 heteroatoms. The van der Waals surface area contributed by atoms with Crippen LogP contribution in [0.15, 0.2) is 121 Å². The minimum atomic E-state index is 0.207. The van der Waals surface area contributed by atoms with Gasteiger partial charge in [0.05, 0.1) is 6.04 Å². The molecule has 3 heterocycles. The Bertz CT molecular complexity index is 1780. The average molecular weight is 509 g/mol. The van der Waals surface area contributed by atoms with Gasteiger partial charge >= 0.3 is 0 Å². The summed E-state index contributed by atoms with van der Waals surface area (Å²) >= 11 is 1.81. The van der Waals surface area contributed by atoms with E-state index in [-0.39, 0.29) is 6.04 Å². The van der Waals surface area contributed by atoms with Crippen molar-refractivity contribution < 1.29 is 0 Å². The minimum absolute atomic E-state index is 0.207. The number of aromatic nitrogens is 3. The molecule has 0 radical (unpaired) electrons. The summed E-state index contributed by atoms with van der Waals surface area (Å²) in [5.41, 5.74) is 4.23. The van der Waals surface area contributed by atoms with E-state index in [4.69, 9.17) is 15.0 Å². The van der Waals surface area contributed by atoms with Crippen LogP contribution in [0, 0.1) is 0 Å². The molecule has 2 aromatic heterocycles. The molecule has 0 bridgehead atoms. The Morgan fingerprint density at radius 1 is 0.658 bits per heavy atom. The monoisotopic (exact) mass is 508 g/mol. The number of hydrogen-bond acceptors (Lipinski definition) is 5. The molecule has 0 saturated heterocycles. The summed E-state index contributed by atoms with van der Waals surface area (Å²) in [6.45, 7) is 0. The van der Waals surface area contributed by atoms with Gasteiger partial charge in [0.2, 0.25) is 0 Å². The molecule has 182 valence electrons. The summed E-state index contributed by atoms with van der Waals surface area (Å²) in [6.07, 6.45) is 8.55. The molecule has 0 aliphatic carbocycles. The second-order valence-electron chi connectivity index (χ2n) is 9.41. The number of likely N-dealkylation sites (N-methyl/N-ethyl adjacent to an activating group) is 1. The van der Waals surface area contributed by atoms with Gasteiger partial charge in [0.15, 0.2) is 17.5 Å². The van der Waals surface area contributed by atoms with Crippen LogP contribution >= 0.6 is 11.3 Å². The molecule has 0 fully saturated rings. The molecule has 4 aromatic carbocycles. The van der Waals surface area contributed by atoms with Gasteiger partial charge in [-0.2, -0.15) is 0 Å². The highest BCUT2D eigenvalue weighted by molar-refractivity contribution is 7.25. The highest BCUT2D eigenvalue weighted by Crippen LogP contribution is 2.41. The third-order valence-electron chi connectivity index (χ3n) is 6.97. The fourth-order valence-corrected chi connectivity index (χ4v) is 6.19. The van der Waals surface area contributed by atoms with Crippen LogP contribution in [0.2, 0.25) is 0 Å². The lowest BCUT2D eigenvalue weighted by molar-refractivity contribution is 0.390. The Morgan fingerprint density at radius 2 is 1.34 bits per heavy atom. The van der Waals surface area contributed by atoms with E-state index in [0.717, 1.165) is 16.7 Å². The zero-order valence-corrected chi connectivity index (χ0v) is 21.6. The van der Waals surface area contributed by atoms with E-state index in [9.17, 15) is 0 Å². The second kappa shape index (κ2) is 9.36. The summed E-state index contributed by atoms with van der Waals surface area (Å²) < 4.78 is 2.49. The minimum Gasteiger partial charge on any atom is -0.370 e. The lowest BCUT2D eigenvalue weighted by Crippen LogP contribution is -2.18. The number of nitrogens with zero attached hydrogens (tertiary/aromatic N) is 4. The van der Waals surface area contributed by atoms with Gasteiger partial charge in [-0.3, -0.25) is 0 Å². The van der Waals surface area contributed by atoms with Gasteiger partial charge in [0.25, 0.3) is 0 Å². The third kappa shape index (κ3) is 3.98. The van der Waals surface area contributed by atoms with Crippen molar-refractivity contribution in [1.82, 2.24) is 19.9 Å². The van der Waals surface area contributed by atoms with Crippen molar-refractivity contribution in [2.75, 3.05) is 7.05 Å². The summed E-state index contributed by atoms with van der Waals surface area (Å²) in [6, 6.07) is 33.7. The van der Waals surface area contributed by atoms with Gasteiger partial charge in [-0.1, -0.05) is 91.0 Å². The smallest absolute Gasteiger partial charge is 0.164 e. The van der Waals surface area contributed by atoms with Crippen molar-refractivity contribution in [3.05, 3.63) is 127 Å². The van der Waals surface area contributed by atoms with Crippen molar-refractivity contribution >= 4 is 31.5 Å². The van der Waals surface area contributed by atoms with Gasteiger partial charge in [-0.05, 0) is 36.0 Å². The van der Waals surface area contributed by atoms with E-state index in [1.807, 2.05) is 72.0 Å². The first-order chi connectivity index (χ1) is 18.7. The average Bonchev–Trinajstić information content (AvgIpc) is 3.36. The summed E-state index contributed by atoms with van der Waals surface area (Å²) in [7, 11) is 2.12. The molecule has 6 aromatic rings. The van der Waals surface area contributed by atoms with Crippen molar-refractivity contribution in [1.29, 1.82) is 0 Å². The first-order valence-electron chi connectivity index (χ1n) is 12.6. The molecule has 1 unspecified atom stereocenters. The molecule has 4 nitrogen and oxygen atoms in total. The fraction of sp³-hybridized carbons (Fsp3) is 0.0606. The highest BCUT2D eigenvalue weighted by Gasteiger charge is 2.19. The number of thiophene rings is 1. The fourth-order valence-electron chi connectivity index (χ4n) is 5.07. The molecule has 0 N–H and O–H groups in total. The van der Waals surface area contributed by atoms with E-state index in [2.05, 4.69) is 72.8 Å². The van der Waals surface area contributed by atoms with Crippen LogP contribution < -0.4 is 0 Å². The number of rotatable bonds is 4. The first kappa shape index (κ1) is 22.6. The van der Waals surface area contributed by atoms with Crippen LogP contribution in [0.5, 0.6) is 0 Å². The topological polar surface area (TPSA) is 41.9 Å². The Labute approximate surface area is 225 Å². The lowest BCUT2D eigenvalue weighted by Gasteiger charge is -2.26. The number of allylic oxidation sites excluding steroid dienone is 2. The van der Waals surface area contributed by atoms with E-state index in [1.165, 1.54) is 25.7 Å². The molecular weight excluding hydrogens is 484 g/mol. The van der Waals surface area contributed by atoms with E-state index in [1.54, 1.807) is 0 Å². The van der Waals surface area contributed by atoms with Gasteiger partial charge < -0.3 is 4.90 Å².